The maximum absolute atomic E-state index is 10.6. The van der Waals surface area contributed by atoms with E-state index in [1.165, 1.54) is 0 Å². The van der Waals surface area contributed by atoms with Crippen molar-refractivity contribution in [1.82, 2.24) is 0 Å². The van der Waals surface area contributed by atoms with E-state index in [2.05, 4.69) is 9.58 Å². The van der Waals surface area contributed by atoms with Gasteiger partial charge < -0.3 is 14.7 Å². The fourth-order valence-electron chi connectivity index (χ4n) is 0.483. The fourth-order valence-corrected chi connectivity index (χ4v) is 0.483. The van der Waals surface area contributed by atoms with Crippen LogP contribution in [0.5, 0.6) is 0 Å². The first-order valence-electron chi connectivity index (χ1n) is 2.78. The third-order valence-electron chi connectivity index (χ3n) is 0.997. The zero-order valence-corrected chi connectivity index (χ0v) is 5.90. The minimum Gasteiger partial charge on any atom is -0.481 e. The molecule has 1 N–H and O–H groups in total. The number of ether oxygens (including phenoxy) is 1. The molecule has 0 aromatic carbocycles. The molecule has 5 nitrogen and oxygen atoms in total. The molecule has 0 bridgehead atoms. The minimum atomic E-state index is -1.21. The van der Waals surface area contributed by atoms with Crippen LogP contribution in [0.15, 0.2) is 0 Å². The number of aliphatic carboxylic acids is 1. The van der Waals surface area contributed by atoms with Crippen molar-refractivity contribution in [3.8, 4) is 0 Å². The highest BCUT2D eigenvalue weighted by atomic mass is 16.5. The van der Waals surface area contributed by atoms with Crippen molar-refractivity contribution in [2.75, 3.05) is 7.11 Å². The summed E-state index contributed by atoms with van der Waals surface area (Å²) in [7, 11) is 1.11. The van der Waals surface area contributed by atoms with E-state index in [9.17, 15) is 9.59 Å². The zero-order valence-electron chi connectivity index (χ0n) is 5.90. The van der Waals surface area contributed by atoms with E-state index < -0.39 is 24.4 Å². The van der Waals surface area contributed by atoms with Crippen LogP contribution in [0.3, 0.4) is 0 Å². The van der Waals surface area contributed by atoms with E-state index in [4.69, 9.17) is 11.7 Å². The number of rotatable bonds is 3. The molecule has 0 saturated carbocycles. The van der Waals surface area contributed by atoms with Crippen molar-refractivity contribution < 1.29 is 19.4 Å². The van der Waals surface area contributed by atoms with Gasteiger partial charge in [0.2, 0.25) is 0 Å². The van der Waals surface area contributed by atoms with Crippen molar-refractivity contribution in [3.63, 3.8) is 0 Å². The molecule has 0 aliphatic heterocycles. The van der Waals surface area contributed by atoms with Gasteiger partial charge in [0.15, 0.2) is 0 Å². The van der Waals surface area contributed by atoms with Crippen LogP contribution in [0.4, 0.5) is 0 Å². The molecule has 0 amide bonds. The number of hydrogen-bond donors (Lipinski definition) is 1. The summed E-state index contributed by atoms with van der Waals surface area (Å²) in [5.74, 6) is -1.99. The van der Waals surface area contributed by atoms with E-state index >= 15 is 0 Å². The van der Waals surface area contributed by atoms with Crippen molar-refractivity contribution >= 4 is 11.9 Å². The highest BCUT2D eigenvalue weighted by molar-refractivity contribution is 5.83. The van der Waals surface area contributed by atoms with Crippen LogP contribution in [0, 0.1) is 6.57 Å². The smallest absolute Gasteiger partial charge is 0.390 e. The molecular formula is C6H7NO4. The number of esters is 1. The summed E-state index contributed by atoms with van der Waals surface area (Å²) >= 11 is 0. The Balaban J connectivity index is 4.09. The second-order valence-electron chi connectivity index (χ2n) is 1.77. The summed E-state index contributed by atoms with van der Waals surface area (Å²) in [4.78, 5) is 23.4. The van der Waals surface area contributed by atoms with Gasteiger partial charge in [-0.2, -0.15) is 0 Å². The summed E-state index contributed by atoms with van der Waals surface area (Å²) < 4.78 is 4.19. The predicted octanol–water partition coefficient (Wildman–Crippen LogP) is -0.0780. The lowest BCUT2D eigenvalue weighted by atomic mass is 10.2. The molecule has 0 radical (unpaired) electrons. The molecular weight excluding hydrogens is 150 g/mol. The van der Waals surface area contributed by atoms with Gasteiger partial charge in [0, 0.05) is 0 Å². The van der Waals surface area contributed by atoms with Gasteiger partial charge in [-0.25, -0.2) is 11.4 Å². The fraction of sp³-hybridized carbons (Fsp3) is 0.500. The lowest BCUT2D eigenvalue weighted by Gasteiger charge is -1.98. The van der Waals surface area contributed by atoms with Gasteiger partial charge >= 0.3 is 18.0 Å². The molecule has 5 heteroatoms. The molecule has 0 fully saturated rings. The molecule has 0 aliphatic rings. The maximum atomic E-state index is 10.6. The molecule has 0 rings (SSSR count). The Labute approximate surface area is 63.4 Å². The van der Waals surface area contributed by atoms with Gasteiger partial charge in [0.1, 0.15) is 6.42 Å². The topological polar surface area (TPSA) is 68.0 Å². The molecule has 0 spiro atoms. The summed E-state index contributed by atoms with van der Waals surface area (Å²) in [6, 6.07) is -1.21. The van der Waals surface area contributed by atoms with Crippen LogP contribution in [0.2, 0.25) is 0 Å². The molecule has 0 saturated heterocycles. The van der Waals surface area contributed by atoms with Crippen molar-refractivity contribution in [2.24, 2.45) is 0 Å². The number of carbonyl (C=O) groups is 2. The average molecular weight is 157 g/mol. The second kappa shape index (κ2) is 4.28. The van der Waals surface area contributed by atoms with Gasteiger partial charge in [0.25, 0.3) is 0 Å². The number of carboxylic acid groups (broad SMARTS) is 1. The van der Waals surface area contributed by atoms with E-state index in [0.717, 1.165) is 7.11 Å². The Hall–Kier alpha value is -1.57. The number of carbonyl (C=O) groups excluding carboxylic acids is 1. The highest BCUT2D eigenvalue weighted by Gasteiger charge is 2.27. The van der Waals surface area contributed by atoms with Crippen LogP contribution in [-0.4, -0.2) is 30.2 Å². The van der Waals surface area contributed by atoms with Crippen LogP contribution < -0.4 is 0 Å². The molecule has 0 heterocycles. The Morgan fingerprint density at radius 3 is 2.55 bits per heavy atom. The van der Waals surface area contributed by atoms with Crippen LogP contribution in [0.1, 0.15) is 6.42 Å². The number of carboxylic acids is 1. The second-order valence-corrected chi connectivity index (χ2v) is 1.77. The van der Waals surface area contributed by atoms with Crippen molar-refractivity contribution in [3.05, 3.63) is 11.4 Å². The average Bonchev–Trinajstić information content (AvgIpc) is 1.98. The molecule has 0 aliphatic carbocycles. The molecule has 11 heavy (non-hydrogen) atoms. The Morgan fingerprint density at radius 2 is 2.27 bits per heavy atom. The van der Waals surface area contributed by atoms with E-state index in [-0.39, 0.29) is 0 Å². The van der Waals surface area contributed by atoms with Crippen LogP contribution in [-0.2, 0) is 14.3 Å². The van der Waals surface area contributed by atoms with E-state index in [1.807, 2.05) is 0 Å². The third kappa shape index (κ3) is 3.20. The van der Waals surface area contributed by atoms with Crippen molar-refractivity contribution in [1.29, 1.82) is 0 Å². The van der Waals surface area contributed by atoms with E-state index in [0.29, 0.717) is 0 Å². The lowest BCUT2D eigenvalue weighted by Crippen LogP contribution is -2.21. The SMILES string of the molecule is [C-]#[N+]C(CC(=O)O)C(=O)OC. The molecule has 1 atom stereocenters. The predicted molar refractivity (Wildman–Crippen MR) is 34.7 cm³/mol. The zero-order chi connectivity index (χ0) is 8.85. The minimum absolute atomic E-state index is 0.504. The summed E-state index contributed by atoms with van der Waals surface area (Å²) in [6.45, 7) is 6.45. The summed E-state index contributed by atoms with van der Waals surface area (Å²) in [5, 5.41) is 8.21. The first-order valence-corrected chi connectivity index (χ1v) is 2.78. The Bertz CT molecular complexity index is 205. The van der Waals surface area contributed by atoms with Crippen molar-refractivity contribution in [2.45, 2.75) is 12.5 Å². The maximum Gasteiger partial charge on any atom is 0.390 e. The van der Waals surface area contributed by atoms with Gasteiger partial charge in [0.05, 0.1) is 7.11 Å². The molecule has 1 unspecified atom stereocenters. The quantitative estimate of drug-likeness (QED) is 0.459. The van der Waals surface area contributed by atoms with Gasteiger partial charge in [-0.05, 0) is 0 Å². The highest BCUT2D eigenvalue weighted by Crippen LogP contribution is 1.99. The Kier molecular flexibility index (Phi) is 3.67. The standard InChI is InChI=1S/C6H7NO4/c1-7-4(3-5(8)9)6(10)11-2/h4H,3H2,2H3,(H,8,9). The number of hydrogen-bond acceptors (Lipinski definition) is 3. The van der Waals surface area contributed by atoms with Crippen LogP contribution >= 0.6 is 0 Å². The lowest BCUT2D eigenvalue weighted by molar-refractivity contribution is -0.146. The first-order chi connectivity index (χ1) is 5.11. The number of nitrogens with zero attached hydrogens (tertiary/aromatic N) is 1. The summed E-state index contributed by atoms with van der Waals surface area (Å²) in [5.41, 5.74) is 0. The largest absolute Gasteiger partial charge is 0.481 e. The Morgan fingerprint density at radius 1 is 1.73 bits per heavy atom. The van der Waals surface area contributed by atoms with Crippen LogP contribution in [0.25, 0.3) is 4.85 Å². The van der Waals surface area contributed by atoms with Gasteiger partial charge in [-0.3, -0.25) is 4.79 Å². The van der Waals surface area contributed by atoms with E-state index in [1.54, 1.807) is 0 Å². The number of methoxy groups -OCH3 is 1. The molecule has 0 aromatic rings. The third-order valence-corrected chi connectivity index (χ3v) is 0.997. The normalized spacial score (nSPS) is 11.3. The first kappa shape index (κ1) is 9.43. The molecule has 0 aromatic heterocycles. The molecule has 60 valence electrons. The van der Waals surface area contributed by atoms with Gasteiger partial charge in [-0.1, -0.05) is 0 Å². The van der Waals surface area contributed by atoms with Gasteiger partial charge in [-0.15, -0.1) is 0 Å². The summed E-state index contributed by atoms with van der Waals surface area (Å²) in [6.07, 6.45) is -0.504. The monoisotopic (exact) mass is 157 g/mol.